The van der Waals surface area contributed by atoms with E-state index in [1.165, 1.54) is 0 Å². The van der Waals surface area contributed by atoms with Gasteiger partial charge in [0.1, 0.15) is 43.6 Å². The summed E-state index contributed by atoms with van der Waals surface area (Å²) in [5.74, 6) is 0.571. The second-order valence-electron chi connectivity index (χ2n) is 11.6. The fraction of sp³-hybridized carbons (Fsp3) is 0.111. The van der Waals surface area contributed by atoms with Crippen LogP contribution in [0, 0.1) is 0 Å². The second-order valence-corrected chi connectivity index (χ2v) is 11.6. The van der Waals surface area contributed by atoms with Crippen molar-refractivity contribution in [3.63, 3.8) is 0 Å². The molecule has 0 atom stereocenters. The molecule has 1 radical (unpaired) electrons. The van der Waals surface area contributed by atoms with Gasteiger partial charge in [-0.3, -0.25) is 0 Å². The maximum Gasteiger partial charge on any atom is 0.569 e. The molecular weight excluding hydrogens is 602 g/mol. The van der Waals surface area contributed by atoms with Crippen LogP contribution in [-0.2, 0) is 26.2 Å². The monoisotopic (exact) mass is 639 g/mol. The van der Waals surface area contributed by atoms with Gasteiger partial charge in [-0.1, -0.05) is 25.3 Å². The van der Waals surface area contributed by atoms with Crippen molar-refractivity contribution in [3.05, 3.63) is 158 Å². The molecule has 3 N–H and O–H groups in total. The zero-order valence-electron chi connectivity index (χ0n) is 26.5. The Morgan fingerprint density at radius 1 is 0.625 bits per heavy atom. The van der Waals surface area contributed by atoms with Gasteiger partial charge in [-0.2, -0.15) is 0 Å². The van der Waals surface area contributed by atoms with Crippen LogP contribution in [0.2, 0.25) is 0 Å². The normalized spacial score (nSPS) is 10.9. The molecule has 0 fully saturated rings. The molecule has 4 heterocycles. The van der Waals surface area contributed by atoms with Crippen LogP contribution in [0.5, 0.6) is 5.75 Å². The Morgan fingerprint density at radius 3 is 1.42 bits per heavy atom. The molecule has 0 saturated heterocycles. The van der Waals surface area contributed by atoms with Crippen molar-refractivity contribution in [1.29, 1.82) is 0 Å². The predicted octanol–water partition coefficient (Wildman–Crippen LogP) is 1.09. The highest BCUT2D eigenvalue weighted by Gasteiger charge is 2.17. The highest BCUT2D eigenvalue weighted by atomic mass is 16.5. The number of benzene rings is 2. The van der Waals surface area contributed by atoms with Crippen LogP contribution in [-0.4, -0.2) is 39.0 Å². The van der Waals surface area contributed by atoms with Gasteiger partial charge in [-0.15, -0.1) is 0 Å². The first-order chi connectivity index (χ1) is 23.4. The van der Waals surface area contributed by atoms with Crippen LogP contribution in [0.25, 0.3) is 23.5 Å². The van der Waals surface area contributed by atoms with Gasteiger partial charge in [0.25, 0.3) is 0 Å². The van der Waals surface area contributed by atoms with E-state index in [4.69, 9.17) is 4.65 Å². The van der Waals surface area contributed by atoms with Crippen molar-refractivity contribution in [1.82, 2.24) is 9.13 Å². The van der Waals surface area contributed by atoms with E-state index in [9.17, 15) is 15.1 Å². The minimum atomic E-state index is -1.55. The minimum absolute atomic E-state index is 0.463. The third kappa shape index (κ3) is 8.23. The van der Waals surface area contributed by atoms with Gasteiger partial charge in [0.15, 0.2) is 37.9 Å². The van der Waals surface area contributed by atoms with Gasteiger partial charge < -0.3 is 19.7 Å². The molecule has 48 heavy (non-hydrogen) atoms. The van der Waals surface area contributed by atoms with E-state index in [0.717, 1.165) is 33.4 Å². The van der Waals surface area contributed by atoms with Gasteiger partial charge in [-0.05, 0) is 52.0 Å². The summed E-state index contributed by atoms with van der Waals surface area (Å²) >= 11 is 0. The number of hydrogen-bond acceptors (Lipinski definition) is 4. The summed E-state index contributed by atoms with van der Waals surface area (Å²) in [4.78, 5) is 0. The maximum absolute atomic E-state index is 9.92. The van der Waals surface area contributed by atoms with Crippen molar-refractivity contribution in [2.24, 2.45) is 0 Å². The van der Waals surface area contributed by atoms with E-state index >= 15 is 0 Å². The van der Waals surface area contributed by atoms with Crippen molar-refractivity contribution in [2.75, 3.05) is 0 Å². The summed E-state index contributed by atoms with van der Waals surface area (Å²) in [6.07, 6.45) is 23.3. The van der Waals surface area contributed by atoms with Crippen LogP contribution in [0.15, 0.2) is 136 Å². The number of aromatic nitrogens is 6. The molecular formula is C36H37B2N6O4+4. The predicted molar refractivity (Wildman–Crippen MR) is 182 cm³/mol. The van der Waals surface area contributed by atoms with Gasteiger partial charge in [0.05, 0.1) is 12.4 Å². The molecule has 12 heteroatoms. The van der Waals surface area contributed by atoms with E-state index in [2.05, 4.69) is 75.7 Å². The first-order valence-electron chi connectivity index (χ1n) is 15.5. The highest BCUT2D eigenvalue weighted by Crippen LogP contribution is 2.19. The van der Waals surface area contributed by atoms with E-state index in [1.807, 2.05) is 87.8 Å². The van der Waals surface area contributed by atoms with Crippen molar-refractivity contribution in [3.8, 4) is 16.9 Å². The molecule has 0 aliphatic heterocycles. The first-order valence-corrected chi connectivity index (χ1v) is 15.5. The zero-order chi connectivity index (χ0) is 33.5. The molecule has 2 aromatic carbocycles. The summed E-state index contributed by atoms with van der Waals surface area (Å²) < 4.78 is 17.3. The molecule has 0 aliphatic carbocycles. The van der Waals surface area contributed by atoms with Gasteiger partial charge in [0, 0.05) is 35.4 Å². The third-order valence-electron chi connectivity index (χ3n) is 8.01. The van der Waals surface area contributed by atoms with Crippen LogP contribution in [0.3, 0.4) is 0 Å². The Kier molecular flexibility index (Phi) is 10.1. The molecule has 0 spiro atoms. The van der Waals surface area contributed by atoms with Crippen molar-refractivity contribution in [2.45, 2.75) is 26.2 Å². The largest absolute Gasteiger partial charge is 0.569 e. The molecule has 6 rings (SSSR count). The van der Waals surface area contributed by atoms with Crippen LogP contribution < -0.4 is 28.4 Å². The molecule has 6 aromatic rings. The lowest BCUT2D eigenvalue weighted by Gasteiger charge is -2.08. The molecule has 0 amide bonds. The summed E-state index contributed by atoms with van der Waals surface area (Å²) in [5.41, 5.74) is 6.67. The Morgan fingerprint density at radius 2 is 1.04 bits per heavy atom. The summed E-state index contributed by atoms with van der Waals surface area (Å²) in [5, 5.41) is 29.1. The van der Waals surface area contributed by atoms with Crippen LogP contribution in [0.4, 0.5) is 0 Å². The van der Waals surface area contributed by atoms with E-state index in [1.54, 1.807) is 12.4 Å². The SMILES string of the molecule is C=Cn1cc[n+](Cc2cc(C[n+]3ccc(-c4cc[n+](Cc5cc(C[n+]6ccn(C=C)c6)cc(B(O)O)c5)cc4)cc3)cc(O[B]O)c2)c1. The maximum atomic E-state index is 9.92. The molecule has 0 saturated carbocycles. The fourth-order valence-corrected chi connectivity index (χ4v) is 5.74. The van der Waals surface area contributed by atoms with Crippen molar-refractivity contribution < 1.29 is 38.0 Å². The average Bonchev–Trinajstić information content (AvgIpc) is 3.74. The summed E-state index contributed by atoms with van der Waals surface area (Å²) in [6, 6.07) is 20.0. The van der Waals surface area contributed by atoms with Gasteiger partial charge in [0.2, 0.25) is 12.7 Å². The van der Waals surface area contributed by atoms with Crippen molar-refractivity contribution >= 4 is 32.7 Å². The van der Waals surface area contributed by atoms with E-state index in [-0.39, 0.29) is 0 Å². The Labute approximate surface area is 280 Å². The Balaban J connectivity index is 1.13. The lowest BCUT2D eigenvalue weighted by atomic mass is 9.78. The topological polar surface area (TPSA) is 95.3 Å². The molecule has 237 valence electrons. The first kappa shape index (κ1) is 32.4. The lowest BCUT2D eigenvalue weighted by Crippen LogP contribution is -2.37. The second kappa shape index (κ2) is 14.9. The number of pyridine rings is 2. The highest BCUT2D eigenvalue weighted by molar-refractivity contribution is 6.58. The number of imidazole rings is 2. The fourth-order valence-electron chi connectivity index (χ4n) is 5.74. The lowest BCUT2D eigenvalue weighted by molar-refractivity contribution is -0.689. The van der Waals surface area contributed by atoms with Crippen LogP contribution >= 0.6 is 0 Å². The molecule has 0 unspecified atom stereocenters. The number of rotatable bonds is 14. The van der Waals surface area contributed by atoms with Crippen LogP contribution in [0.1, 0.15) is 22.3 Å². The summed E-state index contributed by atoms with van der Waals surface area (Å²) in [6.45, 7) is 10.0. The Hall–Kier alpha value is -5.55. The molecule has 4 aromatic heterocycles. The molecule has 10 nitrogen and oxygen atoms in total. The molecule has 0 aliphatic rings. The van der Waals surface area contributed by atoms with E-state index < -0.39 is 7.12 Å². The summed E-state index contributed by atoms with van der Waals surface area (Å²) in [7, 11) is -0.847. The smallest absolute Gasteiger partial charge is 0.537 e. The average molecular weight is 639 g/mol. The van der Waals surface area contributed by atoms with Gasteiger partial charge in [-0.25, -0.2) is 27.4 Å². The zero-order valence-corrected chi connectivity index (χ0v) is 26.5. The third-order valence-corrected chi connectivity index (χ3v) is 8.01. The minimum Gasteiger partial charge on any atom is -0.537 e. The number of hydrogen-bond donors (Lipinski definition) is 3. The standard InChI is InChI=1S/C36H37B2N6O4/c1-3-39-13-15-43(27-39)25-30-17-29(19-35(20-30)38(46)47)23-41-9-5-33(6-10-41)34-7-11-42(12-8-34)24-31-18-32(22-36(21-31)48-37-45)26-44-16-14-40(4-2)28-44/h3-22,27-28,45-47H,1-2,23-26H2/q+4. The number of nitrogens with zero attached hydrogens (tertiary/aromatic N) is 6. The van der Waals surface area contributed by atoms with Gasteiger partial charge >= 0.3 is 14.8 Å². The van der Waals surface area contributed by atoms with E-state index in [0.29, 0.717) is 45.1 Å². The molecule has 0 bridgehead atoms. The quantitative estimate of drug-likeness (QED) is 0.123. The Bertz CT molecular complexity index is 2020.